The maximum atomic E-state index is 11.9. The van der Waals surface area contributed by atoms with Crippen molar-refractivity contribution in [1.29, 1.82) is 0 Å². The highest BCUT2D eigenvalue weighted by atomic mass is 35.5. The van der Waals surface area contributed by atoms with Crippen LogP contribution in [0.1, 0.15) is 12.5 Å². The van der Waals surface area contributed by atoms with Crippen LogP contribution in [0.2, 0.25) is 5.02 Å². The van der Waals surface area contributed by atoms with E-state index in [1.807, 2.05) is 13.0 Å². The fourth-order valence-corrected chi connectivity index (χ4v) is 1.73. The largest absolute Gasteiger partial charge is 0.479 e. The first kappa shape index (κ1) is 15.3. The van der Waals surface area contributed by atoms with Crippen LogP contribution >= 0.6 is 11.6 Å². The van der Waals surface area contributed by atoms with E-state index in [1.165, 1.54) is 11.9 Å². The monoisotopic (exact) mass is 284 g/mol. The van der Waals surface area contributed by atoms with E-state index in [2.05, 4.69) is 0 Å². The zero-order valence-electron chi connectivity index (χ0n) is 11.1. The average molecular weight is 285 g/mol. The number of halogens is 1. The summed E-state index contributed by atoms with van der Waals surface area (Å²) in [6.45, 7) is 3.35. The summed E-state index contributed by atoms with van der Waals surface area (Å²) in [5, 5.41) is 0.433. The topological polar surface area (TPSA) is 72.6 Å². The number of benzene rings is 1. The van der Waals surface area contributed by atoms with Gasteiger partial charge < -0.3 is 15.4 Å². The minimum atomic E-state index is -0.747. The molecule has 0 bridgehead atoms. The van der Waals surface area contributed by atoms with E-state index in [0.717, 1.165) is 5.56 Å². The Hall–Kier alpha value is -1.75. The van der Waals surface area contributed by atoms with E-state index < -0.39 is 12.0 Å². The molecule has 1 aromatic carbocycles. The van der Waals surface area contributed by atoms with Crippen molar-refractivity contribution < 1.29 is 14.3 Å². The van der Waals surface area contributed by atoms with Crippen molar-refractivity contribution in [3.8, 4) is 5.75 Å². The summed E-state index contributed by atoms with van der Waals surface area (Å²) in [4.78, 5) is 23.9. The van der Waals surface area contributed by atoms with Gasteiger partial charge in [-0.15, -0.1) is 0 Å². The van der Waals surface area contributed by atoms with Gasteiger partial charge in [0.1, 0.15) is 5.75 Å². The van der Waals surface area contributed by atoms with Crippen LogP contribution in [0.25, 0.3) is 0 Å². The molecule has 0 aliphatic carbocycles. The average Bonchev–Trinajstić information content (AvgIpc) is 2.31. The molecule has 19 heavy (non-hydrogen) atoms. The molecular weight excluding hydrogens is 268 g/mol. The van der Waals surface area contributed by atoms with Gasteiger partial charge in [-0.1, -0.05) is 17.7 Å². The Balaban J connectivity index is 2.73. The Morgan fingerprint density at radius 2 is 2.11 bits per heavy atom. The molecule has 0 aromatic heterocycles. The highest BCUT2D eigenvalue weighted by Gasteiger charge is 2.21. The van der Waals surface area contributed by atoms with Crippen LogP contribution in [0, 0.1) is 6.92 Å². The number of ether oxygens (including phenoxy) is 1. The van der Waals surface area contributed by atoms with E-state index >= 15 is 0 Å². The molecule has 1 unspecified atom stereocenters. The molecule has 104 valence electrons. The van der Waals surface area contributed by atoms with Gasteiger partial charge in [-0.3, -0.25) is 9.59 Å². The third-order valence-electron chi connectivity index (χ3n) is 2.51. The van der Waals surface area contributed by atoms with Gasteiger partial charge >= 0.3 is 0 Å². The maximum Gasteiger partial charge on any atom is 0.263 e. The number of rotatable bonds is 5. The first-order valence-corrected chi connectivity index (χ1v) is 6.15. The SMILES string of the molecule is Cc1ccc(Cl)c(OC(C)C(=O)N(C)CC(N)=O)c1. The minimum absolute atomic E-state index is 0.145. The lowest BCUT2D eigenvalue weighted by Gasteiger charge is -2.21. The van der Waals surface area contributed by atoms with Crippen molar-refractivity contribution >= 4 is 23.4 Å². The van der Waals surface area contributed by atoms with Crippen molar-refractivity contribution in [2.45, 2.75) is 20.0 Å². The number of nitrogens with zero attached hydrogens (tertiary/aromatic N) is 1. The number of carbonyl (C=O) groups excluding carboxylic acids is 2. The van der Waals surface area contributed by atoms with Gasteiger partial charge in [0.05, 0.1) is 11.6 Å². The van der Waals surface area contributed by atoms with E-state index in [0.29, 0.717) is 10.8 Å². The molecule has 1 aromatic rings. The van der Waals surface area contributed by atoms with E-state index in [1.54, 1.807) is 19.1 Å². The van der Waals surface area contributed by atoms with Crippen LogP contribution in [-0.2, 0) is 9.59 Å². The van der Waals surface area contributed by atoms with E-state index in [-0.39, 0.29) is 12.5 Å². The summed E-state index contributed by atoms with van der Waals surface area (Å²) in [5.41, 5.74) is 6.01. The number of hydrogen-bond donors (Lipinski definition) is 1. The standard InChI is InChI=1S/C13H17ClN2O3/c1-8-4-5-10(14)11(6-8)19-9(2)13(18)16(3)7-12(15)17/h4-6,9H,7H2,1-3H3,(H2,15,17). The Labute approximate surface area is 117 Å². The minimum Gasteiger partial charge on any atom is -0.479 e. The molecule has 0 aliphatic heterocycles. The van der Waals surface area contributed by atoms with Crippen LogP contribution < -0.4 is 10.5 Å². The molecule has 1 rings (SSSR count). The molecule has 2 amide bonds. The summed E-state index contributed by atoms with van der Waals surface area (Å²) in [5.74, 6) is -0.469. The van der Waals surface area contributed by atoms with Gasteiger partial charge in [0, 0.05) is 7.05 Å². The lowest BCUT2D eigenvalue weighted by atomic mass is 10.2. The van der Waals surface area contributed by atoms with Crippen LogP contribution in [0.15, 0.2) is 18.2 Å². The van der Waals surface area contributed by atoms with Crippen LogP contribution in [0.5, 0.6) is 5.75 Å². The molecule has 0 fully saturated rings. The molecular formula is C13H17ClN2O3. The maximum absolute atomic E-state index is 11.9. The predicted octanol–water partition coefficient (Wildman–Crippen LogP) is 1.36. The number of hydrogen-bond acceptors (Lipinski definition) is 3. The Bertz CT molecular complexity index is 491. The number of aryl methyl sites for hydroxylation is 1. The van der Waals surface area contributed by atoms with Crippen molar-refractivity contribution in [2.75, 3.05) is 13.6 Å². The molecule has 2 N–H and O–H groups in total. The second-order valence-corrected chi connectivity index (χ2v) is 4.76. The zero-order valence-corrected chi connectivity index (χ0v) is 11.9. The number of carbonyl (C=O) groups is 2. The lowest BCUT2D eigenvalue weighted by molar-refractivity contribution is -0.139. The van der Waals surface area contributed by atoms with Crippen molar-refractivity contribution in [3.05, 3.63) is 28.8 Å². The summed E-state index contributed by atoms with van der Waals surface area (Å²) in [6.07, 6.45) is -0.747. The molecule has 0 saturated carbocycles. The molecule has 0 aliphatic rings. The number of amides is 2. The van der Waals surface area contributed by atoms with Gasteiger partial charge in [-0.25, -0.2) is 0 Å². The summed E-state index contributed by atoms with van der Waals surface area (Å²) < 4.78 is 5.52. The zero-order chi connectivity index (χ0) is 14.6. The molecule has 0 heterocycles. The summed E-state index contributed by atoms with van der Waals surface area (Å²) >= 11 is 5.98. The van der Waals surface area contributed by atoms with Gasteiger partial charge in [-0.2, -0.15) is 0 Å². The molecule has 5 nitrogen and oxygen atoms in total. The molecule has 1 atom stereocenters. The van der Waals surface area contributed by atoms with Crippen LogP contribution in [0.3, 0.4) is 0 Å². The van der Waals surface area contributed by atoms with E-state index in [9.17, 15) is 9.59 Å². The highest BCUT2D eigenvalue weighted by molar-refractivity contribution is 6.32. The quantitative estimate of drug-likeness (QED) is 0.887. The third-order valence-corrected chi connectivity index (χ3v) is 2.82. The van der Waals surface area contributed by atoms with Gasteiger partial charge in [-0.05, 0) is 31.5 Å². The van der Waals surface area contributed by atoms with Crippen LogP contribution in [-0.4, -0.2) is 36.4 Å². The predicted molar refractivity (Wildman–Crippen MR) is 73.1 cm³/mol. The molecule has 0 radical (unpaired) electrons. The molecule has 6 heteroatoms. The molecule has 0 spiro atoms. The Kier molecular flexibility index (Phi) is 5.18. The van der Waals surface area contributed by atoms with Crippen molar-refractivity contribution in [1.82, 2.24) is 4.90 Å². The Morgan fingerprint density at radius 1 is 1.47 bits per heavy atom. The normalized spacial score (nSPS) is 11.8. The summed E-state index contributed by atoms with van der Waals surface area (Å²) in [7, 11) is 1.49. The molecule has 0 saturated heterocycles. The summed E-state index contributed by atoms with van der Waals surface area (Å²) in [6, 6.07) is 5.30. The lowest BCUT2D eigenvalue weighted by Crippen LogP contribution is -2.42. The van der Waals surface area contributed by atoms with Gasteiger partial charge in [0.25, 0.3) is 5.91 Å². The number of nitrogens with two attached hydrogens (primary N) is 1. The van der Waals surface area contributed by atoms with Crippen LogP contribution in [0.4, 0.5) is 0 Å². The van der Waals surface area contributed by atoms with Crippen molar-refractivity contribution in [3.63, 3.8) is 0 Å². The second kappa shape index (κ2) is 6.43. The fraction of sp³-hybridized carbons (Fsp3) is 0.385. The number of likely N-dealkylation sites (N-methyl/N-ethyl adjacent to an activating group) is 1. The first-order chi connectivity index (χ1) is 8.81. The highest BCUT2D eigenvalue weighted by Crippen LogP contribution is 2.26. The number of primary amides is 1. The smallest absolute Gasteiger partial charge is 0.263 e. The third kappa shape index (κ3) is 4.44. The van der Waals surface area contributed by atoms with Gasteiger partial charge in [0.2, 0.25) is 5.91 Å². The first-order valence-electron chi connectivity index (χ1n) is 5.77. The van der Waals surface area contributed by atoms with E-state index in [4.69, 9.17) is 22.1 Å². The Morgan fingerprint density at radius 3 is 2.68 bits per heavy atom. The second-order valence-electron chi connectivity index (χ2n) is 4.35. The van der Waals surface area contributed by atoms with Gasteiger partial charge in [0.15, 0.2) is 6.10 Å². The fourth-order valence-electron chi connectivity index (χ4n) is 1.56. The van der Waals surface area contributed by atoms with Crippen molar-refractivity contribution in [2.24, 2.45) is 5.73 Å².